The number of benzene rings is 2. The van der Waals surface area contributed by atoms with Crippen molar-refractivity contribution >= 4 is 50.4 Å². The molecule has 3 N–H and O–H groups in total. The molecule has 2 aromatic rings. The fraction of sp³-hybridized carbons (Fsp3) is 0.0714. The first-order valence-corrected chi connectivity index (χ1v) is 6.77. The van der Waals surface area contributed by atoms with Gasteiger partial charge in [0.25, 0.3) is 0 Å². The van der Waals surface area contributed by atoms with E-state index < -0.39 is 0 Å². The Morgan fingerprint density at radius 2 is 1.84 bits per heavy atom. The van der Waals surface area contributed by atoms with Crippen molar-refractivity contribution in [1.82, 2.24) is 0 Å². The van der Waals surface area contributed by atoms with Crippen molar-refractivity contribution in [3.05, 3.63) is 51.5 Å². The van der Waals surface area contributed by atoms with Crippen molar-refractivity contribution in [2.45, 2.75) is 6.92 Å². The topological polar surface area (TPSA) is 55.1 Å². The van der Waals surface area contributed by atoms with Crippen molar-refractivity contribution < 1.29 is 4.79 Å². The highest BCUT2D eigenvalue weighted by Crippen LogP contribution is 2.28. The monoisotopic (exact) mass is 338 g/mol. The Labute approximate surface area is 124 Å². The van der Waals surface area contributed by atoms with Gasteiger partial charge in [-0.3, -0.25) is 4.79 Å². The van der Waals surface area contributed by atoms with Crippen LogP contribution in [0.3, 0.4) is 0 Å². The summed E-state index contributed by atoms with van der Waals surface area (Å²) in [6.45, 7) is 1.49. The number of nitrogen functional groups attached to an aromatic ring is 1. The van der Waals surface area contributed by atoms with Gasteiger partial charge in [-0.25, -0.2) is 0 Å². The molecule has 0 fully saturated rings. The summed E-state index contributed by atoms with van der Waals surface area (Å²) in [6, 6.07) is 10.8. The van der Waals surface area contributed by atoms with Gasteiger partial charge in [0, 0.05) is 27.1 Å². The maximum Gasteiger partial charge on any atom is 0.161 e. The highest BCUT2D eigenvalue weighted by atomic mass is 79.9. The van der Waals surface area contributed by atoms with Gasteiger partial charge in [0.2, 0.25) is 0 Å². The molecule has 0 aromatic heterocycles. The van der Waals surface area contributed by atoms with Crippen molar-refractivity contribution in [2.75, 3.05) is 11.1 Å². The van der Waals surface area contributed by atoms with E-state index in [1.807, 2.05) is 18.2 Å². The lowest BCUT2D eigenvalue weighted by Gasteiger charge is -2.10. The number of hydrogen-bond donors (Lipinski definition) is 2. The van der Waals surface area contributed by atoms with E-state index in [9.17, 15) is 4.79 Å². The second-order valence-electron chi connectivity index (χ2n) is 4.11. The first-order chi connectivity index (χ1) is 8.97. The van der Waals surface area contributed by atoms with E-state index in [4.69, 9.17) is 17.3 Å². The summed E-state index contributed by atoms with van der Waals surface area (Å²) in [6.07, 6.45) is 0. The molecule has 0 aliphatic carbocycles. The summed E-state index contributed by atoms with van der Waals surface area (Å²) in [5.74, 6) is -0.0456. The molecule has 0 radical (unpaired) electrons. The van der Waals surface area contributed by atoms with E-state index in [1.165, 1.54) is 6.92 Å². The van der Waals surface area contributed by atoms with Gasteiger partial charge in [-0.2, -0.15) is 0 Å². The van der Waals surface area contributed by atoms with Crippen LogP contribution in [0.15, 0.2) is 40.9 Å². The van der Waals surface area contributed by atoms with Crippen LogP contribution < -0.4 is 11.1 Å². The quantitative estimate of drug-likeness (QED) is 0.633. The Kier molecular flexibility index (Phi) is 4.12. The Bertz CT molecular complexity index is 643. The van der Waals surface area contributed by atoms with Crippen LogP contribution >= 0.6 is 27.5 Å². The molecule has 0 saturated carbocycles. The number of rotatable bonds is 3. The first kappa shape index (κ1) is 13.9. The minimum absolute atomic E-state index is 0.0456. The number of ketones is 1. The molecule has 0 amide bonds. The van der Waals surface area contributed by atoms with Gasteiger partial charge in [-0.1, -0.05) is 11.6 Å². The van der Waals surface area contributed by atoms with E-state index in [2.05, 4.69) is 21.2 Å². The minimum atomic E-state index is -0.0456. The van der Waals surface area contributed by atoms with Crippen LogP contribution in [-0.4, -0.2) is 5.78 Å². The van der Waals surface area contributed by atoms with Crippen LogP contribution in [0.2, 0.25) is 5.02 Å². The smallest absolute Gasteiger partial charge is 0.161 e. The number of anilines is 3. The number of nitrogens with two attached hydrogens (primary N) is 1. The second-order valence-corrected chi connectivity index (χ2v) is 5.37. The maximum absolute atomic E-state index is 11.3. The number of hydrogen-bond acceptors (Lipinski definition) is 3. The SMILES string of the molecule is CC(=O)c1ccc(Nc2ccc(Br)c(Cl)c2)cc1N. The molecule has 5 heteroatoms. The van der Waals surface area contributed by atoms with Crippen molar-refractivity contribution in [3.63, 3.8) is 0 Å². The third kappa shape index (κ3) is 3.28. The summed E-state index contributed by atoms with van der Waals surface area (Å²) >= 11 is 9.36. The normalized spacial score (nSPS) is 10.3. The van der Waals surface area contributed by atoms with E-state index in [0.29, 0.717) is 16.3 Å². The van der Waals surface area contributed by atoms with Gasteiger partial charge in [-0.15, -0.1) is 0 Å². The number of Topliss-reactive ketones (excluding diaryl/α,β-unsaturated/α-hetero) is 1. The lowest BCUT2D eigenvalue weighted by molar-refractivity contribution is 0.101. The molecule has 0 aliphatic rings. The van der Waals surface area contributed by atoms with Crippen molar-refractivity contribution in [3.8, 4) is 0 Å². The van der Waals surface area contributed by atoms with Gasteiger partial charge in [-0.05, 0) is 59.3 Å². The van der Waals surface area contributed by atoms with Crippen LogP contribution in [0.4, 0.5) is 17.1 Å². The predicted octanol–water partition coefficient (Wildman–Crippen LogP) is 4.63. The van der Waals surface area contributed by atoms with Gasteiger partial charge < -0.3 is 11.1 Å². The van der Waals surface area contributed by atoms with Gasteiger partial charge >= 0.3 is 0 Å². The first-order valence-electron chi connectivity index (χ1n) is 5.60. The van der Waals surface area contributed by atoms with Crippen LogP contribution in [-0.2, 0) is 0 Å². The average Bonchev–Trinajstić information content (AvgIpc) is 2.33. The van der Waals surface area contributed by atoms with Gasteiger partial charge in [0.15, 0.2) is 5.78 Å². The van der Waals surface area contributed by atoms with Crippen molar-refractivity contribution in [1.29, 1.82) is 0 Å². The molecule has 98 valence electrons. The van der Waals surface area contributed by atoms with Gasteiger partial charge in [0.1, 0.15) is 0 Å². The third-order valence-electron chi connectivity index (χ3n) is 2.64. The summed E-state index contributed by atoms with van der Waals surface area (Å²) < 4.78 is 0.839. The zero-order valence-corrected chi connectivity index (χ0v) is 12.5. The largest absolute Gasteiger partial charge is 0.398 e. The zero-order chi connectivity index (χ0) is 14.0. The number of halogens is 2. The van der Waals surface area contributed by atoms with Gasteiger partial charge in [0.05, 0.1) is 5.02 Å². The number of nitrogens with one attached hydrogen (secondary N) is 1. The maximum atomic E-state index is 11.3. The van der Waals surface area contributed by atoms with Crippen LogP contribution in [0.25, 0.3) is 0 Å². The fourth-order valence-electron chi connectivity index (χ4n) is 1.70. The Balaban J connectivity index is 2.26. The molecule has 0 saturated heterocycles. The molecule has 0 atom stereocenters. The molecule has 19 heavy (non-hydrogen) atoms. The number of carbonyl (C=O) groups is 1. The Hall–Kier alpha value is -1.52. The Morgan fingerprint density at radius 3 is 2.42 bits per heavy atom. The van der Waals surface area contributed by atoms with E-state index in [-0.39, 0.29) is 5.78 Å². The lowest BCUT2D eigenvalue weighted by Crippen LogP contribution is -2.00. The molecule has 0 heterocycles. The molecule has 2 aromatic carbocycles. The fourth-order valence-corrected chi connectivity index (χ4v) is 2.13. The molecular formula is C14H12BrClN2O. The van der Waals surface area contributed by atoms with E-state index >= 15 is 0 Å². The third-order valence-corrected chi connectivity index (χ3v) is 3.87. The highest BCUT2D eigenvalue weighted by molar-refractivity contribution is 9.10. The zero-order valence-electron chi connectivity index (χ0n) is 10.2. The lowest BCUT2D eigenvalue weighted by atomic mass is 10.1. The second kappa shape index (κ2) is 5.63. The summed E-state index contributed by atoms with van der Waals surface area (Å²) in [5, 5.41) is 3.81. The summed E-state index contributed by atoms with van der Waals surface area (Å²) in [5.41, 5.74) is 8.48. The molecule has 0 aliphatic heterocycles. The highest BCUT2D eigenvalue weighted by Gasteiger charge is 2.06. The predicted molar refractivity (Wildman–Crippen MR) is 83.3 cm³/mol. The number of carbonyl (C=O) groups excluding carboxylic acids is 1. The molecule has 0 spiro atoms. The Morgan fingerprint density at radius 1 is 1.21 bits per heavy atom. The van der Waals surface area contributed by atoms with Crippen LogP contribution in [0, 0.1) is 0 Å². The van der Waals surface area contributed by atoms with Crippen LogP contribution in [0.1, 0.15) is 17.3 Å². The van der Waals surface area contributed by atoms with E-state index in [1.54, 1.807) is 18.2 Å². The molecule has 2 rings (SSSR count). The molecule has 0 unspecified atom stereocenters. The average molecular weight is 340 g/mol. The molecule has 3 nitrogen and oxygen atoms in total. The minimum Gasteiger partial charge on any atom is -0.398 e. The van der Waals surface area contributed by atoms with Crippen molar-refractivity contribution in [2.24, 2.45) is 0 Å². The summed E-state index contributed by atoms with van der Waals surface area (Å²) in [7, 11) is 0. The molecule has 0 bridgehead atoms. The standard InChI is InChI=1S/C14H12BrClN2O/c1-8(19)11-4-2-10(7-14(11)17)18-9-3-5-12(15)13(16)6-9/h2-7,18H,17H2,1H3. The van der Waals surface area contributed by atoms with Crippen LogP contribution in [0.5, 0.6) is 0 Å². The van der Waals surface area contributed by atoms with E-state index in [0.717, 1.165) is 15.8 Å². The summed E-state index contributed by atoms with van der Waals surface area (Å²) in [4.78, 5) is 11.3. The molecular weight excluding hydrogens is 328 g/mol.